The van der Waals surface area contributed by atoms with E-state index in [2.05, 4.69) is 10.3 Å². The number of phenols is 1. The Balaban J connectivity index is 0.000000426. The number of para-hydroxylation sites is 1. The van der Waals surface area contributed by atoms with Crippen molar-refractivity contribution in [3.8, 4) is 5.75 Å². The molecule has 1 saturated heterocycles. The van der Waals surface area contributed by atoms with Crippen LogP contribution in [0.4, 0.5) is 11.4 Å². The molecule has 0 aliphatic carbocycles. The molecule has 4 N–H and O–H groups in total. The molecule has 2 heterocycles. The van der Waals surface area contributed by atoms with Crippen LogP contribution in [0.5, 0.6) is 5.75 Å². The number of phenolic OH excluding ortho intramolecular Hbond substituents is 1. The number of rotatable bonds is 4. The summed E-state index contributed by atoms with van der Waals surface area (Å²) in [6, 6.07) is 3.69. The fourth-order valence-electron chi connectivity index (χ4n) is 2.60. The fraction of sp³-hybridized carbons (Fsp3) is 0.294. The monoisotopic (exact) mass is 405 g/mol. The van der Waals surface area contributed by atoms with Gasteiger partial charge in [-0.1, -0.05) is 18.6 Å². The van der Waals surface area contributed by atoms with Crippen molar-refractivity contribution in [2.75, 3.05) is 13.1 Å². The van der Waals surface area contributed by atoms with Gasteiger partial charge < -0.3 is 15.4 Å². The lowest BCUT2D eigenvalue weighted by Crippen LogP contribution is -2.25. The van der Waals surface area contributed by atoms with E-state index in [4.69, 9.17) is 0 Å². The van der Waals surface area contributed by atoms with Gasteiger partial charge in [-0.25, -0.2) is 4.79 Å². The van der Waals surface area contributed by atoms with Crippen LogP contribution in [-0.2, 0) is 0 Å². The maximum absolute atomic E-state index is 11.4. The van der Waals surface area contributed by atoms with Crippen LogP contribution < -0.4 is 16.6 Å². The Morgan fingerprint density at radius 3 is 2.17 bits per heavy atom. The summed E-state index contributed by atoms with van der Waals surface area (Å²) in [5.74, 6) is -0.649. The molecule has 29 heavy (non-hydrogen) atoms. The number of hydrogen-bond acceptors (Lipinski definition) is 8. The molecule has 1 fully saturated rings. The first-order valence-electron chi connectivity index (χ1n) is 8.67. The second-order valence-electron chi connectivity index (χ2n) is 6.04. The van der Waals surface area contributed by atoms with E-state index in [9.17, 15) is 34.9 Å². The molecule has 0 bridgehead atoms. The predicted octanol–water partition coefficient (Wildman–Crippen LogP) is 1.52. The molecular formula is C17H19N5O7. The number of aromatic amines is 2. The van der Waals surface area contributed by atoms with E-state index in [1.807, 2.05) is 0 Å². The van der Waals surface area contributed by atoms with E-state index >= 15 is 0 Å². The number of hydrogen-bond donors (Lipinski definition) is 4. The molecule has 0 amide bonds. The second-order valence-corrected chi connectivity index (χ2v) is 6.04. The standard InChI is InChI=1S/C12H8N4O7.C5H11N/c17-10-6(2-1-3-8(10)15(20)21)4-5-7-9(16(22)23)11(18)14-12(19)13-7;1-2-4-6-5-3-1/h1-5,17H,(H2,13,14,18,19);6H,1-5H2/b5-4+;. The lowest BCUT2D eigenvalue weighted by molar-refractivity contribution is -0.386. The van der Waals surface area contributed by atoms with E-state index in [0.717, 1.165) is 18.2 Å². The Kier molecular flexibility index (Phi) is 7.37. The van der Waals surface area contributed by atoms with E-state index in [-0.39, 0.29) is 5.56 Å². The van der Waals surface area contributed by atoms with Crippen LogP contribution in [-0.4, -0.2) is 38.0 Å². The van der Waals surface area contributed by atoms with Crippen LogP contribution in [0, 0.1) is 20.2 Å². The number of aromatic nitrogens is 2. The normalized spacial score (nSPS) is 13.5. The molecule has 1 aliphatic rings. The van der Waals surface area contributed by atoms with Crippen LogP contribution in [0.2, 0.25) is 0 Å². The molecular weight excluding hydrogens is 386 g/mol. The van der Waals surface area contributed by atoms with Crippen molar-refractivity contribution in [3.05, 3.63) is 70.5 Å². The van der Waals surface area contributed by atoms with Gasteiger partial charge >= 0.3 is 22.6 Å². The minimum absolute atomic E-state index is 0.0189. The van der Waals surface area contributed by atoms with Crippen molar-refractivity contribution in [1.82, 2.24) is 15.3 Å². The molecule has 154 valence electrons. The number of H-pyrrole nitrogens is 2. The molecule has 1 aromatic heterocycles. The third-order valence-electron chi connectivity index (χ3n) is 4.01. The zero-order valence-corrected chi connectivity index (χ0v) is 15.2. The van der Waals surface area contributed by atoms with E-state index < -0.39 is 43.9 Å². The Morgan fingerprint density at radius 1 is 0.966 bits per heavy atom. The van der Waals surface area contributed by atoms with Crippen molar-refractivity contribution >= 4 is 23.5 Å². The zero-order chi connectivity index (χ0) is 21.4. The SMILES string of the molecule is C1CCNCC1.O=c1[nH]c(/C=C/c2cccc([N+](=O)[O-])c2O)c([N+](=O)[O-])c(=O)[nH]1. The molecule has 0 spiro atoms. The Hall–Kier alpha value is -3.80. The smallest absolute Gasteiger partial charge is 0.357 e. The lowest BCUT2D eigenvalue weighted by atomic mass is 10.1. The molecule has 0 saturated carbocycles. The fourth-order valence-corrected chi connectivity index (χ4v) is 2.60. The van der Waals surface area contributed by atoms with E-state index in [1.165, 1.54) is 44.5 Å². The largest absolute Gasteiger partial charge is 0.502 e. The molecule has 1 aliphatic heterocycles. The number of nitro groups is 2. The van der Waals surface area contributed by atoms with Gasteiger partial charge in [0.2, 0.25) is 5.75 Å². The number of benzene rings is 1. The summed E-state index contributed by atoms with van der Waals surface area (Å²) in [7, 11) is 0. The molecule has 3 rings (SSSR count). The third-order valence-corrected chi connectivity index (χ3v) is 4.01. The number of nitrogens with zero attached hydrogens (tertiary/aromatic N) is 2. The summed E-state index contributed by atoms with van der Waals surface area (Å²) in [5, 5.41) is 34.6. The van der Waals surface area contributed by atoms with Crippen molar-refractivity contribution in [1.29, 1.82) is 0 Å². The summed E-state index contributed by atoms with van der Waals surface area (Å²) < 4.78 is 0. The summed E-state index contributed by atoms with van der Waals surface area (Å²) in [4.78, 5) is 46.2. The van der Waals surface area contributed by atoms with Crippen molar-refractivity contribution < 1.29 is 15.0 Å². The maximum atomic E-state index is 11.4. The van der Waals surface area contributed by atoms with Gasteiger partial charge in [0.05, 0.1) is 9.85 Å². The van der Waals surface area contributed by atoms with Crippen LogP contribution in [0.15, 0.2) is 27.8 Å². The van der Waals surface area contributed by atoms with Gasteiger partial charge in [0.1, 0.15) is 5.69 Å². The molecule has 0 atom stereocenters. The number of nitrogens with one attached hydrogen (secondary N) is 3. The molecule has 12 heteroatoms. The topological polar surface area (TPSA) is 184 Å². The van der Waals surface area contributed by atoms with Crippen molar-refractivity contribution in [3.63, 3.8) is 0 Å². The van der Waals surface area contributed by atoms with Gasteiger partial charge in [-0.3, -0.25) is 30.0 Å². The molecule has 0 radical (unpaired) electrons. The summed E-state index contributed by atoms with van der Waals surface area (Å²) in [5.41, 5.74) is -4.03. The first kappa shape index (κ1) is 21.5. The molecule has 1 aromatic carbocycles. The minimum Gasteiger partial charge on any atom is -0.502 e. The number of aromatic hydroxyl groups is 1. The van der Waals surface area contributed by atoms with Gasteiger partial charge in [-0.2, -0.15) is 0 Å². The highest BCUT2D eigenvalue weighted by Crippen LogP contribution is 2.30. The Labute approximate surface area is 163 Å². The van der Waals surface area contributed by atoms with Gasteiger partial charge in [0.25, 0.3) is 0 Å². The zero-order valence-electron chi connectivity index (χ0n) is 15.2. The third kappa shape index (κ3) is 5.84. The van der Waals surface area contributed by atoms with Gasteiger partial charge in [0.15, 0.2) is 0 Å². The van der Waals surface area contributed by atoms with Crippen molar-refractivity contribution in [2.24, 2.45) is 0 Å². The van der Waals surface area contributed by atoms with Gasteiger partial charge in [0, 0.05) is 11.6 Å². The highest BCUT2D eigenvalue weighted by atomic mass is 16.6. The average molecular weight is 405 g/mol. The quantitative estimate of drug-likeness (QED) is 0.435. The molecule has 0 unspecified atom stereocenters. The summed E-state index contributed by atoms with van der Waals surface area (Å²) in [6.07, 6.45) is 6.31. The molecule has 12 nitrogen and oxygen atoms in total. The van der Waals surface area contributed by atoms with Gasteiger partial charge in [-0.05, 0) is 38.1 Å². The van der Waals surface area contributed by atoms with Crippen LogP contribution in [0.3, 0.4) is 0 Å². The van der Waals surface area contributed by atoms with E-state index in [1.54, 1.807) is 4.98 Å². The first-order valence-corrected chi connectivity index (χ1v) is 8.67. The lowest BCUT2D eigenvalue weighted by Gasteiger charge is -2.08. The summed E-state index contributed by atoms with van der Waals surface area (Å²) >= 11 is 0. The highest BCUT2D eigenvalue weighted by Gasteiger charge is 2.19. The Morgan fingerprint density at radius 2 is 1.66 bits per heavy atom. The second kappa shape index (κ2) is 9.94. The number of nitro benzene ring substituents is 1. The van der Waals surface area contributed by atoms with Crippen LogP contribution >= 0.6 is 0 Å². The highest BCUT2D eigenvalue weighted by molar-refractivity contribution is 5.76. The Bertz CT molecular complexity index is 1030. The van der Waals surface area contributed by atoms with Gasteiger partial charge in [-0.15, -0.1) is 0 Å². The van der Waals surface area contributed by atoms with Crippen LogP contribution in [0.25, 0.3) is 12.2 Å². The molecule has 2 aromatic rings. The maximum Gasteiger partial charge on any atom is 0.357 e. The first-order chi connectivity index (χ1) is 13.8. The number of piperidine rings is 1. The van der Waals surface area contributed by atoms with E-state index in [0.29, 0.717) is 0 Å². The van der Waals surface area contributed by atoms with Crippen molar-refractivity contribution in [2.45, 2.75) is 19.3 Å². The van der Waals surface area contributed by atoms with Crippen LogP contribution in [0.1, 0.15) is 30.5 Å². The summed E-state index contributed by atoms with van der Waals surface area (Å²) in [6.45, 7) is 2.50. The average Bonchev–Trinajstić information content (AvgIpc) is 2.68. The predicted molar refractivity (Wildman–Crippen MR) is 105 cm³/mol. The minimum atomic E-state index is -1.19.